The Kier molecular flexibility index (Phi) is 4.35. The molecule has 5 nitrogen and oxygen atoms in total. The normalized spacial score (nSPS) is 17.5. The van der Waals surface area contributed by atoms with Crippen LogP contribution in [-0.2, 0) is 11.3 Å². The Morgan fingerprint density at radius 2 is 1.96 bits per heavy atom. The molecule has 0 spiro atoms. The Hall–Kier alpha value is -2.85. The summed E-state index contributed by atoms with van der Waals surface area (Å²) in [4.78, 5) is 6.28. The van der Waals surface area contributed by atoms with Crippen LogP contribution >= 0.6 is 0 Å². The second-order valence-corrected chi connectivity index (χ2v) is 6.26. The number of nitrogens with zero attached hydrogens (tertiary/aromatic N) is 3. The minimum Gasteiger partial charge on any atom is -0.378 e. The van der Waals surface area contributed by atoms with E-state index in [4.69, 9.17) is 4.74 Å². The SMILES string of the molecule is N#Cc1cccc(C2=C(N3CCOCC3)c3cc[nH]c3CN2C(F)F)c1. The number of hydrogen-bond donors (Lipinski definition) is 1. The van der Waals surface area contributed by atoms with Crippen LogP contribution in [0, 0.1) is 11.3 Å². The standard InChI is InChI=1S/C19H18F2N4O/c20-19(21)25-12-16-15(4-5-23-16)18(24-6-8-26-9-7-24)17(25)14-3-1-2-13(10-14)11-22/h1-5,10,19,23H,6-9,12H2. The van der Waals surface area contributed by atoms with Gasteiger partial charge in [0.1, 0.15) is 0 Å². The third-order valence-corrected chi connectivity index (χ3v) is 4.76. The number of H-pyrrole nitrogens is 1. The van der Waals surface area contributed by atoms with E-state index in [0.717, 1.165) is 21.9 Å². The highest BCUT2D eigenvalue weighted by molar-refractivity contribution is 5.91. The van der Waals surface area contributed by atoms with E-state index in [9.17, 15) is 14.0 Å². The molecule has 0 unspecified atom stereocenters. The van der Waals surface area contributed by atoms with Gasteiger partial charge in [-0.05, 0) is 18.2 Å². The van der Waals surface area contributed by atoms with Crippen LogP contribution < -0.4 is 0 Å². The lowest BCUT2D eigenvalue weighted by molar-refractivity contribution is 0.00625. The molecule has 0 atom stereocenters. The van der Waals surface area contributed by atoms with E-state index in [2.05, 4.69) is 16.0 Å². The highest BCUT2D eigenvalue weighted by atomic mass is 19.3. The van der Waals surface area contributed by atoms with E-state index in [1.54, 1.807) is 30.5 Å². The van der Waals surface area contributed by atoms with E-state index < -0.39 is 6.55 Å². The third-order valence-electron chi connectivity index (χ3n) is 4.76. The van der Waals surface area contributed by atoms with Crippen LogP contribution in [-0.4, -0.2) is 47.6 Å². The summed E-state index contributed by atoms with van der Waals surface area (Å²) in [6, 6.07) is 10.9. The molecule has 1 aromatic heterocycles. The zero-order valence-electron chi connectivity index (χ0n) is 14.1. The fourth-order valence-corrected chi connectivity index (χ4v) is 3.58. The lowest BCUT2D eigenvalue weighted by Gasteiger charge is -2.39. The van der Waals surface area contributed by atoms with E-state index in [1.807, 2.05) is 6.07 Å². The van der Waals surface area contributed by atoms with Gasteiger partial charge < -0.3 is 19.5 Å². The minimum atomic E-state index is -2.65. The van der Waals surface area contributed by atoms with Crippen molar-refractivity contribution in [3.63, 3.8) is 0 Å². The van der Waals surface area contributed by atoms with E-state index in [1.165, 1.54) is 0 Å². The molecule has 1 aromatic carbocycles. The summed E-state index contributed by atoms with van der Waals surface area (Å²) in [7, 11) is 0. The van der Waals surface area contributed by atoms with Crippen molar-refractivity contribution in [2.45, 2.75) is 13.1 Å². The highest BCUT2D eigenvalue weighted by Gasteiger charge is 2.34. The van der Waals surface area contributed by atoms with Crippen LogP contribution in [0.2, 0.25) is 0 Å². The average Bonchev–Trinajstić information content (AvgIpc) is 3.15. The predicted octanol–water partition coefficient (Wildman–Crippen LogP) is 3.08. The number of nitriles is 1. The first-order chi connectivity index (χ1) is 12.7. The van der Waals surface area contributed by atoms with Crippen LogP contribution in [0.1, 0.15) is 22.4 Å². The van der Waals surface area contributed by atoms with Crippen LogP contribution in [0.25, 0.3) is 11.4 Å². The first-order valence-electron chi connectivity index (χ1n) is 8.48. The smallest absolute Gasteiger partial charge is 0.315 e. The van der Waals surface area contributed by atoms with Crippen molar-refractivity contribution in [1.29, 1.82) is 5.26 Å². The second-order valence-electron chi connectivity index (χ2n) is 6.26. The Balaban J connectivity index is 1.95. The molecule has 134 valence electrons. The van der Waals surface area contributed by atoms with Crippen LogP contribution in [0.4, 0.5) is 8.78 Å². The molecule has 0 amide bonds. The maximum atomic E-state index is 13.9. The van der Waals surface area contributed by atoms with Gasteiger partial charge in [0.2, 0.25) is 0 Å². The van der Waals surface area contributed by atoms with E-state index in [-0.39, 0.29) is 6.54 Å². The molecule has 0 saturated carbocycles. The zero-order valence-corrected chi connectivity index (χ0v) is 14.1. The van der Waals surface area contributed by atoms with Crippen LogP contribution in [0.5, 0.6) is 0 Å². The first kappa shape index (κ1) is 16.6. The number of aromatic amines is 1. The third kappa shape index (κ3) is 2.82. The predicted molar refractivity (Wildman–Crippen MR) is 92.7 cm³/mol. The van der Waals surface area contributed by atoms with Gasteiger partial charge in [-0.15, -0.1) is 0 Å². The molecule has 1 fully saturated rings. The molecule has 26 heavy (non-hydrogen) atoms. The molecule has 3 heterocycles. The van der Waals surface area contributed by atoms with Gasteiger partial charge in [0.05, 0.1) is 42.8 Å². The number of hydrogen-bond acceptors (Lipinski definition) is 4. The van der Waals surface area contributed by atoms with Crippen LogP contribution in [0.15, 0.2) is 36.5 Å². The first-order valence-corrected chi connectivity index (χ1v) is 8.48. The van der Waals surface area contributed by atoms with Gasteiger partial charge in [0.15, 0.2) is 0 Å². The monoisotopic (exact) mass is 356 g/mol. The Bertz CT molecular complexity index is 878. The lowest BCUT2D eigenvalue weighted by atomic mass is 9.97. The largest absolute Gasteiger partial charge is 0.378 e. The number of aromatic nitrogens is 1. The number of fused-ring (bicyclic) bond motifs is 1. The maximum absolute atomic E-state index is 13.9. The number of halogens is 2. The second kappa shape index (κ2) is 6.81. The average molecular weight is 356 g/mol. The summed E-state index contributed by atoms with van der Waals surface area (Å²) in [6.07, 6.45) is 1.78. The zero-order chi connectivity index (χ0) is 18.1. The molecule has 0 bridgehead atoms. The van der Waals surface area contributed by atoms with Crippen molar-refractivity contribution >= 4 is 11.4 Å². The summed E-state index contributed by atoms with van der Waals surface area (Å²) in [5.74, 6) is 0. The Labute approximate surface area is 150 Å². The minimum absolute atomic E-state index is 0.0972. The van der Waals surface area contributed by atoms with Crippen molar-refractivity contribution in [2.24, 2.45) is 0 Å². The van der Waals surface area contributed by atoms with Crippen molar-refractivity contribution in [1.82, 2.24) is 14.8 Å². The van der Waals surface area contributed by atoms with Gasteiger partial charge in [0.25, 0.3) is 0 Å². The van der Waals surface area contributed by atoms with Gasteiger partial charge in [-0.25, -0.2) is 0 Å². The molecular formula is C19H18F2N4O. The van der Waals surface area contributed by atoms with Crippen molar-refractivity contribution in [2.75, 3.05) is 26.3 Å². The molecule has 2 aliphatic rings. The summed E-state index contributed by atoms with van der Waals surface area (Å²) in [5, 5.41) is 9.22. The van der Waals surface area contributed by atoms with Gasteiger partial charge >= 0.3 is 6.55 Å². The molecule has 1 N–H and O–H groups in total. The molecule has 0 radical (unpaired) electrons. The quantitative estimate of drug-likeness (QED) is 0.859. The number of morpholine rings is 1. The van der Waals surface area contributed by atoms with Gasteiger partial charge in [-0.1, -0.05) is 12.1 Å². The molecular weight excluding hydrogens is 338 g/mol. The maximum Gasteiger partial charge on any atom is 0.315 e. The van der Waals surface area contributed by atoms with E-state index >= 15 is 0 Å². The fraction of sp³-hybridized carbons (Fsp3) is 0.316. The lowest BCUT2D eigenvalue weighted by Crippen LogP contribution is -2.40. The number of ether oxygens (including phenoxy) is 1. The number of rotatable bonds is 3. The Morgan fingerprint density at radius 1 is 1.15 bits per heavy atom. The topological polar surface area (TPSA) is 55.3 Å². The van der Waals surface area contributed by atoms with Crippen LogP contribution in [0.3, 0.4) is 0 Å². The summed E-state index contributed by atoms with van der Waals surface area (Å²) < 4.78 is 33.3. The highest BCUT2D eigenvalue weighted by Crippen LogP contribution is 2.40. The number of nitrogens with one attached hydrogen (secondary N) is 1. The van der Waals surface area contributed by atoms with Crippen molar-refractivity contribution < 1.29 is 13.5 Å². The van der Waals surface area contributed by atoms with Crippen molar-refractivity contribution in [3.05, 3.63) is 58.9 Å². The summed E-state index contributed by atoms with van der Waals surface area (Å²) >= 11 is 0. The molecule has 2 aromatic rings. The molecule has 0 aliphatic carbocycles. The summed E-state index contributed by atoms with van der Waals surface area (Å²) in [6.45, 7) is -0.160. The van der Waals surface area contributed by atoms with Gasteiger partial charge in [0, 0.05) is 36.1 Å². The fourth-order valence-electron chi connectivity index (χ4n) is 3.58. The van der Waals surface area contributed by atoms with Crippen molar-refractivity contribution in [3.8, 4) is 6.07 Å². The number of benzene rings is 1. The van der Waals surface area contributed by atoms with Gasteiger partial charge in [-0.2, -0.15) is 14.0 Å². The summed E-state index contributed by atoms with van der Waals surface area (Å²) in [5.41, 5.74) is 4.01. The van der Waals surface area contributed by atoms with E-state index in [0.29, 0.717) is 43.1 Å². The Morgan fingerprint density at radius 3 is 2.69 bits per heavy atom. The van der Waals surface area contributed by atoms with Gasteiger partial charge in [-0.3, -0.25) is 0 Å². The molecule has 4 rings (SSSR count). The molecule has 2 aliphatic heterocycles. The number of alkyl halides is 2. The molecule has 7 heteroatoms. The molecule has 1 saturated heterocycles.